The first kappa shape index (κ1) is 18.5. The minimum atomic E-state index is 0.445. The molecule has 0 saturated heterocycles. The van der Waals surface area contributed by atoms with Crippen LogP contribution in [0.15, 0.2) is 4.99 Å². The molecule has 0 aliphatic carbocycles. The van der Waals surface area contributed by atoms with Crippen LogP contribution in [0, 0.1) is 13.8 Å². The third kappa shape index (κ3) is 5.70. The van der Waals surface area contributed by atoms with Crippen molar-refractivity contribution < 1.29 is 0 Å². The highest BCUT2D eigenvalue weighted by Crippen LogP contribution is 2.12. The van der Waals surface area contributed by atoms with Gasteiger partial charge in [0.25, 0.3) is 0 Å². The van der Waals surface area contributed by atoms with E-state index < -0.39 is 0 Å². The number of rotatable bonds is 8. The molecule has 0 aliphatic heterocycles. The monoisotopic (exact) mass is 307 g/mol. The maximum Gasteiger partial charge on any atom is 0.191 e. The normalized spacial score (nSPS) is 13.3. The average Bonchev–Trinajstić information content (AvgIpc) is 2.70. The fraction of sp³-hybridized carbons (Fsp3) is 0.765. The number of hydrogen-bond acceptors (Lipinski definition) is 2. The largest absolute Gasteiger partial charge is 0.357 e. The van der Waals surface area contributed by atoms with Gasteiger partial charge in [0.05, 0.1) is 12.2 Å². The van der Waals surface area contributed by atoms with Gasteiger partial charge in [0.2, 0.25) is 0 Å². The van der Waals surface area contributed by atoms with Crippen LogP contribution in [0.5, 0.6) is 0 Å². The molecule has 1 atom stereocenters. The number of nitrogens with zero attached hydrogens (tertiary/aromatic N) is 3. The maximum atomic E-state index is 4.73. The van der Waals surface area contributed by atoms with Gasteiger partial charge >= 0.3 is 0 Å². The Morgan fingerprint density at radius 1 is 1.27 bits per heavy atom. The molecule has 5 nitrogen and oxygen atoms in total. The van der Waals surface area contributed by atoms with Crippen molar-refractivity contribution in [3.63, 3.8) is 0 Å². The fourth-order valence-electron chi connectivity index (χ4n) is 2.53. The number of aliphatic imine (C=N–C) groups is 1. The maximum absolute atomic E-state index is 4.73. The van der Waals surface area contributed by atoms with Gasteiger partial charge in [-0.25, -0.2) is 4.99 Å². The molecule has 2 N–H and O–H groups in total. The standard InChI is InChI=1S/C17H33N5/c1-7-9-10-11-13(3)20-17(18-8-2)19-12-16-14(4)21-22(6)15(16)5/h13H,7-12H2,1-6H3,(H2,18,19,20). The van der Waals surface area contributed by atoms with E-state index in [1.54, 1.807) is 0 Å². The van der Waals surface area contributed by atoms with E-state index in [0.717, 1.165) is 18.2 Å². The minimum Gasteiger partial charge on any atom is -0.357 e. The van der Waals surface area contributed by atoms with Crippen LogP contribution in [-0.4, -0.2) is 28.3 Å². The van der Waals surface area contributed by atoms with Crippen molar-refractivity contribution in [3.8, 4) is 0 Å². The SMILES string of the molecule is CCCCCC(C)NC(=NCc1c(C)nn(C)c1C)NCC. The molecule has 1 heterocycles. The Kier molecular flexibility index (Phi) is 7.99. The third-order valence-electron chi connectivity index (χ3n) is 4.02. The molecule has 0 spiro atoms. The first-order chi connectivity index (χ1) is 10.5. The smallest absolute Gasteiger partial charge is 0.191 e. The molecule has 22 heavy (non-hydrogen) atoms. The molecule has 0 saturated carbocycles. The van der Waals surface area contributed by atoms with Crippen molar-refractivity contribution in [2.45, 2.75) is 72.9 Å². The lowest BCUT2D eigenvalue weighted by Crippen LogP contribution is -2.42. The molecule has 0 aromatic carbocycles. The van der Waals surface area contributed by atoms with E-state index in [9.17, 15) is 0 Å². The fourth-order valence-corrected chi connectivity index (χ4v) is 2.53. The molecule has 126 valence electrons. The summed E-state index contributed by atoms with van der Waals surface area (Å²) in [6.45, 7) is 12.2. The summed E-state index contributed by atoms with van der Waals surface area (Å²) < 4.78 is 1.92. The number of unbranched alkanes of at least 4 members (excludes halogenated alkanes) is 2. The van der Waals surface area contributed by atoms with Crippen LogP contribution in [0.3, 0.4) is 0 Å². The summed E-state index contributed by atoms with van der Waals surface area (Å²) in [5.41, 5.74) is 3.47. The second-order valence-electron chi connectivity index (χ2n) is 6.01. The zero-order valence-corrected chi connectivity index (χ0v) is 15.2. The predicted octanol–water partition coefficient (Wildman–Crippen LogP) is 3.06. The van der Waals surface area contributed by atoms with Crippen molar-refractivity contribution in [2.24, 2.45) is 12.0 Å². The average molecular weight is 307 g/mol. The van der Waals surface area contributed by atoms with Crippen molar-refractivity contribution in [1.29, 1.82) is 0 Å². The summed E-state index contributed by atoms with van der Waals surface area (Å²) in [7, 11) is 1.98. The highest BCUT2D eigenvalue weighted by molar-refractivity contribution is 5.80. The number of nitrogens with one attached hydrogen (secondary N) is 2. The number of guanidine groups is 1. The van der Waals surface area contributed by atoms with Crippen molar-refractivity contribution >= 4 is 5.96 Å². The molecule has 5 heteroatoms. The molecular weight excluding hydrogens is 274 g/mol. The molecule has 0 amide bonds. The van der Waals surface area contributed by atoms with Gasteiger partial charge in [0, 0.05) is 30.9 Å². The summed E-state index contributed by atoms with van der Waals surface area (Å²) in [6.07, 6.45) is 5.02. The summed E-state index contributed by atoms with van der Waals surface area (Å²) in [5.74, 6) is 0.897. The molecule has 0 bridgehead atoms. The highest BCUT2D eigenvalue weighted by atomic mass is 15.3. The Morgan fingerprint density at radius 2 is 2.00 bits per heavy atom. The van der Waals surface area contributed by atoms with E-state index in [-0.39, 0.29) is 0 Å². The van der Waals surface area contributed by atoms with Crippen LogP contribution in [0.1, 0.15) is 63.4 Å². The quantitative estimate of drug-likeness (QED) is 0.441. The van der Waals surface area contributed by atoms with Crippen LogP contribution in [0.4, 0.5) is 0 Å². The molecule has 1 rings (SSSR count). The van der Waals surface area contributed by atoms with Gasteiger partial charge in [0.1, 0.15) is 0 Å². The Bertz CT molecular complexity index is 476. The highest BCUT2D eigenvalue weighted by Gasteiger charge is 2.10. The molecule has 1 aromatic heterocycles. The van der Waals surface area contributed by atoms with Gasteiger partial charge in [-0.05, 0) is 34.1 Å². The second kappa shape index (κ2) is 9.49. The molecule has 0 fully saturated rings. The summed E-state index contributed by atoms with van der Waals surface area (Å²) in [6, 6.07) is 0.445. The van der Waals surface area contributed by atoms with Gasteiger partial charge in [0.15, 0.2) is 5.96 Å². The Morgan fingerprint density at radius 3 is 2.55 bits per heavy atom. The second-order valence-corrected chi connectivity index (χ2v) is 6.01. The molecule has 0 aliphatic rings. The number of aryl methyl sites for hydroxylation is 2. The van der Waals surface area contributed by atoms with E-state index in [0.29, 0.717) is 12.6 Å². The third-order valence-corrected chi connectivity index (χ3v) is 4.02. The van der Waals surface area contributed by atoms with Gasteiger partial charge in [-0.3, -0.25) is 4.68 Å². The first-order valence-corrected chi connectivity index (χ1v) is 8.53. The Hall–Kier alpha value is -1.52. The minimum absolute atomic E-state index is 0.445. The van der Waals surface area contributed by atoms with Crippen molar-refractivity contribution in [3.05, 3.63) is 17.0 Å². The zero-order chi connectivity index (χ0) is 16.5. The lowest BCUT2D eigenvalue weighted by molar-refractivity contribution is 0.547. The van der Waals surface area contributed by atoms with E-state index in [4.69, 9.17) is 4.99 Å². The van der Waals surface area contributed by atoms with Crippen LogP contribution >= 0.6 is 0 Å². The zero-order valence-electron chi connectivity index (χ0n) is 15.2. The van der Waals surface area contributed by atoms with Gasteiger partial charge in [-0.15, -0.1) is 0 Å². The lowest BCUT2D eigenvalue weighted by Gasteiger charge is -2.17. The van der Waals surface area contributed by atoms with E-state index >= 15 is 0 Å². The topological polar surface area (TPSA) is 54.2 Å². The molecule has 1 aromatic rings. The predicted molar refractivity (Wildman–Crippen MR) is 94.2 cm³/mol. The summed E-state index contributed by atoms with van der Waals surface area (Å²) in [5, 5.41) is 11.3. The van der Waals surface area contributed by atoms with Crippen molar-refractivity contribution in [2.75, 3.05) is 6.54 Å². The van der Waals surface area contributed by atoms with Crippen LogP contribution in [-0.2, 0) is 13.6 Å². The first-order valence-electron chi connectivity index (χ1n) is 8.53. The van der Waals surface area contributed by atoms with Gasteiger partial charge in [-0.2, -0.15) is 5.10 Å². The molecule has 0 radical (unpaired) electrons. The summed E-state index contributed by atoms with van der Waals surface area (Å²) in [4.78, 5) is 4.73. The van der Waals surface area contributed by atoms with Gasteiger partial charge < -0.3 is 10.6 Å². The van der Waals surface area contributed by atoms with Crippen LogP contribution < -0.4 is 10.6 Å². The van der Waals surface area contributed by atoms with E-state index in [1.807, 2.05) is 18.7 Å². The summed E-state index contributed by atoms with van der Waals surface area (Å²) >= 11 is 0. The van der Waals surface area contributed by atoms with Crippen LogP contribution in [0.2, 0.25) is 0 Å². The molecule has 1 unspecified atom stereocenters. The van der Waals surface area contributed by atoms with E-state index in [2.05, 4.69) is 43.4 Å². The number of hydrogen-bond donors (Lipinski definition) is 2. The van der Waals surface area contributed by atoms with Crippen molar-refractivity contribution in [1.82, 2.24) is 20.4 Å². The lowest BCUT2D eigenvalue weighted by atomic mass is 10.1. The van der Waals surface area contributed by atoms with E-state index in [1.165, 1.54) is 36.9 Å². The number of aromatic nitrogens is 2. The molecular formula is C17H33N5. The van der Waals surface area contributed by atoms with Crippen LogP contribution in [0.25, 0.3) is 0 Å². The van der Waals surface area contributed by atoms with Gasteiger partial charge in [-0.1, -0.05) is 26.2 Å². The Labute approximate surface area is 135 Å². The Balaban J connectivity index is 2.65.